The van der Waals surface area contributed by atoms with Crippen molar-refractivity contribution in [3.05, 3.63) is 35.4 Å². The smallest absolute Gasteiger partial charge is 0.338 e. The van der Waals surface area contributed by atoms with E-state index in [1.807, 2.05) is 13.8 Å². The zero-order valence-electron chi connectivity index (χ0n) is 13.5. The van der Waals surface area contributed by atoms with Gasteiger partial charge in [0.25, 0.3) is 5.91 Å². The number of hydrogen-bond acceptors (Lipinski definition) is 5. The second-order valence-corrected chi connectivity index (χ2v) is 5.17. The first-order valence-electron chi connectivity index (χ1n) is 6.87. The van der Waals surface area contributed by atoms with Gasteiger partial charge in [0.2, 0.25) is 0 Å². The highest BCUT2D eigenvalue weighted by atomic mass is 16.5. The molecule has 0 radical (unpaired) electrons. The molecule has 0 heterocycles. The summed E-state index contributed by atoms with van der Waals surface area (Å²) < 4.78 is 9.44. The number of carbonyl (C=O) groups is 3. The molecule has 1 rings (SSSR count). The minimum atomic E-state index is -0.733. The largest absolute Gasteiger partial charge is 0.467 e. The van der Waals surface area contributed by atoms with Crippen molar-refractivity contribution in [1.82, 2.24) is 4.90 Å². The van der Waals surface area contributed by atoms with Gasteiger partial charge in [-0.15, -0.1) is 0 Å². The van der Waals surface area contributed by atoms with Crippen molar-refractivity contribution < 1.29 is 23.9 Å². The predicted molar refractivity (Wildman–Crippen MR) is 80.5 cm³/mol. The Morgan fingerprint density at radius 3 is 2.00 bits per heavy atom. The normalized spacial score (nSPS) is 11.7. The Labute approximate surface area is 130 Å². The second-order valence-electron chi connectivity index (χ2n) is 5.17. The molecule has 0 spiro atoms. The van der Waals surface area contributed by atoms with E-state index in [9.17, 15) is 14.4 Å². The van der Waals surface area contributed by atoms with Crippen LogP contribution < -0.4 is 0 Å². The SMILES string of the molecule is COC(=O)c1ccccc1C(=O)N(C)C(C(=O)OC)C(C)C. The molecule has 0 aliphatic rings. The van der Waals surface area contributed by atoms with Crippen LogP contribution in [0.15, 0.2) is 24.3 Å². The summed E-state index contributed by atoms with van der Waals surface area (Å²) in [7, 11) is 4.04. The van der Waals surface area contributed by atoms with Crippen LogP contribution in [0, 0.1) is 5.92 Å². The third kappa shape index (κ3) is 3.63. The zero-order valence-corrected chi connectivity index (χ0v) is 13.5. The number of carbonyl (C=O) groups excluding carboxylic acids is 3. The molecule has 6 nitrogen and oxygen atoms in total. The number of ether oxygens (including phenoxy) is 2. The molecule has 0 aliphatic heterocycles. The molecule has 120 valence electrons. The summed E-state index contributed by atoms with van der Waals surface area (Å²) in [6.07, 6.45) is 0. The van der Waals surface area contributed by atoms with Gasteiger partial charge in [-0.25, -0.2) is 9.59 Å². The average molecular weight is 307 g/mol. The number of methoxy groups -OCH3 is 2. The van der Waals surface area contributed by atoms with Crippen LogP contribution in [-0.2, 0) is 14.3 Å². The fourth-order valence-corrected chi connectivity index (χ4v) is 2.27. The van der Waals surface area contributed by atoms with Crippen LogP contribution in [-0.4, -0.2) is 50.1 Å². The number of amides is 1. The lowest BCUT2D eigenvalue weighted by molar-refractivity contribution is -0.147. The third-order valence-electron chi connectivity index (χ3n) is 3.37. The van der Waals surface area contributed by atoms with Crippen LogP contribution in [0.5, 0.6) is 0 Å². The van der Waals surface area contributed by atoms with Gasteiger partial charge in [-0.3, -0.25) is 4.79 Å². The summed E-state index contributed by atoms with van der Waals surface area (Å²) >= 11 is 0. The Balaban J connectivity index is 3.20. The molecule has 1 unspecified atom stereocenters. The number of hydrogen-bond donors (Lipinski definition) is 0. The van der Waals surface area contributed by atoms with Gasteiger partial charge < -0.3 is 14.4 Å². The van der Waals surface area contributed by atoms with E-state index >= 15 is 0 Å². The standard InChI is InChI=1S/C16H21NO5/c1-10(2)13(16(20)22-5)17(3)14(18)11-8-6-7-9-12(11)15(19)21-4/h6-10,13H,1-5H3. The molecule has 6 heteroatoms. The minimum absolute atomic E-state index is 0.133. The number of benzene rings is 1. The summed E-state index contributed by atoms with van der Waals surface area (Å²) in [4.78, 5) is 37.6. The number of likely N-dealkylation sites (N-methyl/N-ethyl adjacent to an activating group) is 1. The summed E-state index contributed by atoms with van der Waals surface area (Å²) in [6.45, 7) is 3.63. The van der Waals surface area contributed by atoms with E-state index in [1.165, 1.54) is 38.3 Å². The fourth-order valence-electron chi connectivity index (χ4n) is 2.27. The van der Waals surface area contributed by atoms with Gasteiger partial charge in [-0.1, -0.05) is 26.0 Å². The highest BCUT2D eigenvalue weighted by Gasteiger charge is 2.32. The fraction of sp³-hybridized carbons (Fsp3) is 0.438. The molecule has 0 aliphatic carbocycles. The molecular weight excluding hydrogens is 286 g/mol. The van der Waals surface area contributed by atoms with Crippen molar-refractivity contribution >= 4 is 17.8 Å². The number of rotatable bonds is 5. The van der Waals surface area contributed by atoms with E-state index in [-0.39, 0.29) is 17.0 Å². The van der Waals surface area contributed by atoms with Crippen LogP contribution in [0.3, 0.4) is 0 Å². The predicted octanol–water partition coefficient (Wildman–Crippen LogP) is 1.74. The van der Waals surface area contributed by atoms with Crippen LogP contribution in [0.4, 0.5) is 0 Å². The van der Waals surface area contributed by atoms with E-state index in [2.05, 4.69) is 4.74 Å². The van der Waals surface area contributed by atoms with Gasteiger partial charge >= 0.3 is 11.9 Å². The van der Waals surface area contributed by atoms with Gasteiger partial charge in [0.1, 0.15) is 6.04 Å². The highest BCUT2D eigenvalue weighted by Crippen LogP contribution is 2.17. The van der Waals surface area contributed by atoms with Gasteiger partial charge in [0.05, 0.1) is 25.3 Å². The molecule has 0 saturated carbocycles. The Hall–Kier alpha value is -2.37. The van der Waals surface area contributed by atoms with Crippen molar-refractivity contribution in [2.45, 2.75) is 19.9 Å². The van der Waals surface area contributed by atoms with Gasteiger partial charge in [0.15, 0.2) is 0 Å². The first-order chi connectivity index (χ1) is 10.3. The van der Waals surface area contributed by atoms with E-state index < -0.39 is 23.9 Å². The minimum Gasteiger partial charge on any atom is -0.467 e. The summed E-state index contributed by atoms with van der Waals surface area (Å²) in [5.74, 6) is -1.67. The van der Waals surface area contributed by atoms with Gasteiger partial charge in [-0.05, 0) is 18.1 Å². The van der Waals surface area contributed by atoms with Gasteiger partial charge in [0, 0.05) is 7.05 Å². The molecule has 1 aromatic rings. The number of esters is 2. The van der Waals surface area contributed by atoms with Crippen LogP contribution in [0.2, 0.25) is 0 Å². The van der Waals surface area contributed by atoms with E-state index in [1.54, 1.807) is 12.1 Å². The van der Waals surface area contributed by atoms with Crippen LogP contribution in [0.25, 0.3) is 0 Å². The quantitative estimate of drug-likeness (QED) is 0.775. The highest BCUT2D eigenvalue weighted by molar-refractivity contribution is 6.06. The topological polar surface area (TPSA) is 72.9 Å². The maximum absolute atomic E-state index is 12.7. The maximum atomic E-state index is 12.7. The van der Waals surface area contributed by atoms with E-state index in [0.29, 0.717) is 0 Å². The van der Waals surface area contributed by atoms with Crippen LogP contribution >= 0.6 is 0 Å². The molecule has 0 bridgehead atoms. The van der Waals surface area contributed by atoms with Crippen molar-refractivity contribution in [2.24, 2.45) is 5.92 Å². The van der Waals surface area contributed by atoms with Gasteiger partial charge in [-0.2, -0.15) is 0 Å². The van der Waals surface area contributed by atoms with Crippen LogP contribution in [0.1, 0.15) is 34.6 Å². The molecule has 0 fully saturated rings. The summed E-state index contributed by atoms with van der Waals surface area (Å²) in [5, 5.41) is 0. The van der Waals surface area contributed by atoms with E-state index in [4.69, 9.17) is 4.74 Å². The Kier molecular flexibility index (Phi) is 6.10. The first-order valence-corrected chi connectivity index (χ1v) is 6.87. The lowest BCUT2D eigenvalue weighted by Gasteiger charge is -2.29. The summed E-state index contributed by atoms with van der Waals surface area (Å²) in [6, 6.07) is 5.59. The Morgan fingerprint density at radius 1 is 1.00 bits per heavy atom. The van der Waals surface area contributed by atoms with Crippen molar-refractivity contribution in [1.29, 1.82) is 0 Å². The van der Waals surface area contributed by atoms with Crippen molar-refractivity contribution in [3.8, 4) is 0 Å². The molecule has 1 aromatic carbocycles. The second kappa shape index (κ2) is 7.59. The maximum Gasteiger partial charge on any atom is 0.338 e. The molecule has 0 saturated heterocycles. The molecule has 0 aromatic heterocycles. The summed E-state index contributed by atoms with van der Waals surface area (Å²) in [5.41, 5.74) is 0.348. The molecule has 1 amide bonds. The van der Waals surface area contributed by atoms with Crippen molar-refractivity contribution in [2.75, 3.05) is 21.3 Å². The molecule has 1 atom stereocenters. The zero-order chi connectivity index (χ0) is 16.9. The molecule has 22 heavy (non-hydrogen) atoms. The monoisotopic (exact) mass is 307 g/mol. The first kappa shape index (κ1) is 17.7. The average Bonchev–Trinajstić information content (AvgIpc) is 2.52. The number of nitrogens with zero attached hydrogens (tertiary/aromatic N) is 1. The lowest BCUT2D eigenvalue weighted by Crippen LogP contribution is -2.46. The van der Waals surface area contributed by atoms with Crippen molar-refractivity contribution in [3.63, 3.8) is 0 Å². The van der Waals surface area contributed by atoms with E-state index in [0.717, 1.165) is 0 Å². The molecule has 0 N–H and O–H groups in total. The third-order valence-corrected chi connectivity index (χ3v) is 3.37. The lowest BCUT2D eigenvalue weighted by atomic mass is 10.0. The molecular formula is C16H21NO5. The Morgan fingerprint density at radius 2 is 1.55 bits per heavy atom. The Bertz CT molecular complexity index is 567.